The van der Waals surface area contributed by atoms with Gasteiger partial charge in [0, 0.05) is 0 Å². The first-order chi connectivity index (χ1) is 7.57. The minimum absolute atomic E-state index is 0.474. The zero-order chi connectivity index (χ0) is 12.2. The van der Waals surface area contributed by atoms with Crippen molar-refractivity contribution in [3.05, 3.63) is 0 Å². The number of nitrogens with zero attached hydrogens (tertiary/aromatic N) is 1. The van der Waals surface area contributed by atoms with Crippen molar-refractivity contribution in [2.75, 3.05) is 0 Å². The quantitative estimate of drug-likeness (QED) is 0.773. The second-order valence-electron chi connectivity index (χ2n) is 5.35. The number of aliphatic hydroxyl groups is 1. The Morgan fingerprint density at radius 2 is 2.12 bits per heavy atom. The van der Waals surface area contributed by atoms with E-state index in [-0.39, 0.29) is 0 Å². The smallest absolute Gasteiger partial charge is 0.0862 e. The highest BCUT2D eigenvalue weighted by Gasteiger charge is 2.52. The van der Waals surface area contributed by atoms with E-state index in [1.165, 1.54) is 0 Å². The number of rotatable bonds is 5. The van der Waals surface area contributed by atoms with E-state index in [0.29, 0.717) is 12.3 Å². The van der Waals surface area contributed by atoms with Crippen LogP contribution in [0.15, 0.2) is 0 Å². The van der Waals surface area contributed by atoms with Gasteiger partial charge in [0.2, 0.25) is 0 Å². The van der Waals surface area contributed by atoms with Gasteiger partial charge in [0.1, 0.15) is 0 Å². The molecule has 2 heteroatoms. The Hall–Kier alpha value is -0.550. The van der Waals surface area contributed by atoms with E-state index in [2.05, 4.69) is 19.9 Å². The van der Waals surface area contributed by atoms with Crippen LogP contribution in [0.3, 0.4) is 0 Å². The molecule has 1 N–H and O–H groups in total. The molecular formula is C14H25NO. The molecule has 0 aromatic carbocycles. The van der Waals surface area contributed by atoms with E-state index in [9.17, 15) is 10.4 Å². The summed E-state index contributed by atoms with van der Waals surface area (Å²) in [5.74, 6) is 0.634. The van der Waals surface area contributed by atoms with Crippen molar-refractivity contribution in [1.82, 2.24) is 0 Å². The third-order valence-electron chi connectivity index (χ3n) is 4.55. The molecule has 92 valence electrons. The highest BCUT2D eigenvalue weighted by molar-refractivity contribution is 5.14. The number of nitriles is 1. The molecule has 0 heterocycles. The van der Waals surface area contributed by atoms with Crippen molar-refractivity contribution in [2.45, 2.75) is 71.3 Å². The largest absolute Gasteiger partial charge is 0.388 e. The second-order valence-corrected chi connectivity index (χ2v) is 5.35. The van der Waals surface area contributed by atoms with Gasteiger partial charge in [-0.05, 0) is 38.0 Å². The molecule has 3 atom stereocenters. The number of hydrogen-bond acceptors (Lipinski definition) is 2. The highest BCUT2D eigenvalue weighted by atomic mass is 16.3. The molecule has 0 radical (unpaired) electrons. The normalized spacial score (nSPS) is 33.3. The van der Waals surface area contributed by atoms with Crippen molar-refractivity contribution in [1.29, 1.82) is 5.26 Å². The monoisotopic (exact) mass is 223 g/mol. The summed E-state index contributed by atoms with van der Waals surface area (Å²) >= 11 is 0. The fraction of sp³-hybridized carbons (Fsp3) is 0.929. The standard InChI is InChI=1S/C14H25NO/c1-4-8-14(16,6-3)13(11-15)9-7-12(5-2)10-13/h12,16H,4-10H2,1-3H3. The third-order valence-corrected chi connectivity index (χ3v) is 4.55. The summed E-state index contributed by atoms with van der Waals surface area (Å²) in [7, 11) is 0. The first-order valence-corrected chi connectivity index (χ1v) is 6.71. The van der Waals surface area contributed by atoms with Crippen LogP contribution in [0.2, 0.25) is 0 Å². The van der Waals surface area contributed by atoms with Crippen molar-refractivity contribution in [2.24, 2.45) is 11.3 Å². The second kappa shape index (κ2) is 5.19. The fourth-order valence-electron chi connectivity index (χ4n) is 3.29. The molecule has 1 fully saturated rings. The van der Waals surface area contributed by atoms with E-state index in [4.69, 9.17) is 0 Å². The Morgan fingerprint density at radius 1 is 1.44 bits per heavy atom. The summed E-state index contributed by atoms with van der Waals surface area (Å²) in [6.07, 6.45) is 6.42. The average Bonchev–Trinajstić information content (AvgIpc) is 2.74. The van der Waals surface area contributed by atoms with Gasteiger partial charge >= 0.3 is 0 Å². The first-order valence-electron chi connectivity index (χ1n) is 6.71. The Labute approximate surface area is 99.7 Å². The molecule has 0 bridgehead atoms. The predicted molar refractivity (Wildman–Crippen MR) is 65.8 cm³/mol. The van der Waals surface area contributed by atoms with E-state index in [1.807, 2.05) is 6.92 Å². The highest BCUT2D eigenvalue weighted by Crippen LogP contribution is 2.52. The fourth-order valence-corrected chi connectivity index (χ4v) is 3.29. The van der Waals surface area contributed by atoms with Crippen LogP contribution >= 0.6 is 0 Å². The maximum absolute atomic E-state index is 10.8. The summed E-state index contributed by atoms with van der Waals surface area (Å²) in [6.45, 7) is 6.27. The maximum Gasteiger partial charge on any atom is 0.0862 e. The Bertz CT molecular complexity index is 270. The summed E-state index contributed by atoms with van der Waals surface area (Å²) in [4.78, 5) is 0. The van der Waals surface area contributed by atoms with E-state index in [1.54, 1.807) is 0 Å². The molecule has 1 saturated carbocycles. The van der Waals surface area contributed by atoms with Gasteiger partial charge in [-0.3, -0.25) is 0 Å². The van der Waals surface area contributed by atoms with Crippen LogP contribution in [0.4, 0.5) is 0 Å². The molecule has 3 unspecified atom stereocenters. The number of hydrogen-bond donors (Lipinski definition) is 1. The lowest BCUT2D eigenvalue weighted by molar-refractivity contribution is -0.0651. The molecule has 0 aromatic rings. The van der Waals surface area contributed by atoms with Crippen molar-refractivity contribution >= 4 is 0 Å². The topological polar surface area (TPSA) is 44.0 Å². The van der Waals surface area contributed by atoms with E-state index in [0.717, 1.165) is 38.5 Å². The minimum Gasteiger partial charge on any atom is -0.388 e. The molecule has 2 nitrogen and oxygen atoms in total. The molecular weight excluding hydrogens is 198 g/mol. The van der Waals surface area contributed by atoms with Gasteiger partial charge in [-0.1, -0.05) is 33.6 Å². The lowest BCUT2D eigenvalue weighted by atomic mass is 9.67. The Balaban J connectivity index is 2.92. The Kier molecular flexibility index (Phi) is 4.38. The van der Waals surface area contributed by atoms with Crippen molar-refractivity contribution in [3.63, 3.8) is 0 Å². The zero-order valence-corrected chi connectivity index (χ0v) is 10.9. The summed E-state index contributed by atoms with van der Waals surface area (Å²) in [5.41, 5.74) is -1.24. The molecule has 1 aliphatic carbocycles. The zero-order valence-electron chi connectivity index (χ0n) is 10.9. The summed E-state index contributed by atoms with van der Waals surface area (Å²) in [6, 6.07) is 2.47. The third kappa shape index (κ3) is 2.11. The molecule has 0 amide bonds. The first kappa shape index (κ1) is 13.5. The lowest BCUT2D eigenvalue weighted by Crippen LogP contribution is -2.45. The van der Waals surface area contributed by atoms with Gasteiger partial charge < -0.3 is 5.11 Å². The van der Waals surface area contributed by atoms with Crippen LogP contribution in [-0.4, -0.2) is 10.7 Å². The van der Waals surface area contributed by atoms with Gasteiger partial charge in [-0.2, -0.15) is 5.26 Å². The van der Waals surface area contributed by atoms with Crippen LogP contribution in [0, 0.1) is 22.7 Å². The van der Waals surface area contributed by atoms with Crippen molar-refractivity contribution < 1.29 is 5.11 Å². The molecule has 16 heavy (non-hydrogen) atoms. The van der Waals surface area contributed by atoms with Gasteiger partial charge in [0.25, 0.3) is 0 Å². The van der Waals surface area contributed by atoms with Gasteiger partial charge in [-0.25, -0.2) is 0 Å². The molecule has 0 aliphatic heterocycles. The van der Waals surface area contributed by atoms with Crippen LogP contribution in [0.5, 0.6) is 0 Å². The predicted octanol–water partition coefficient (Wildman–Crippen LogP) is 3.65. The maximum atomic E-state index is 10.8. The molecule has 0 aromatic heterocycles. The van der Waals surface area contributed by atoms with E-state index < -0.39 is 11.0 Å². The molecule has 0 saturated heterocycles. The summed E-state index contributed by atoms with van der Waals surface area (Å²) in [5, 5.41) is 20.3. The van der Waals surface area contributed by atoms with Gasteiger partial charge in [0.15, 0.2) is 0 Å². The Morgan fingerprint density at radius 3 is 2.50 bits per heavy atom. The average molecular weight is 223 g/mol. The van der Waals surface area contributed by atoms with Crippen LogP contribution in [0.25, 0.3) is 0 Å². The van der Waals surface area contributed by atoms with E-state index >= 15 is 0 Å². The lowest BCUT2D eigenvalue weighted by Gasteiger charge is -2.40. The molecule has 1 rings (SSSR count). The SMILES string of the molecule is CCCC(O)(CC)C1(C#N)CCC(CC)C1. The summed E-state index contributed by atoms with van der Waals surface area (Å²) < 4.78 is 0. The van der Waals surface area contributed by atoms with Crippen LogP contribution in [0.1, 0.15) is 65.7 Å². The van der Waals surface area contributed by atoms with Crippen LogP contribution in [-0.2, 0) is 0 Å². The molecule has 1 aliphatic rings. The van der Waals surface area contributed by atoms with Crippen LogP contribution < -0.4 is 0 Å². The van der Waals surface area contributed by atoms with Gasteiger partial charge in [0.05, 0.1) is 17.1 Å². The molecule has 0 spiro atoms. The van der Waals surface area contributed by atoms with Crippen molar-refractivity contribution in [3.8, 4) is 6.07 Å². The minimum atomic E-state index is -0.763. The van der Waals surface area contributed by atoms with Gasteiger partial charge in [-0.15, -0.1) is 0 Å².